The van der Waals surface area contributed by atoms with Crippen LogP contribution in [0.1, 0.15) is 16.8 Å². The van der Waals surface area contributed by atoms with Crippen LogP contribution in [0.4, 0.5) is 5.69 Å². The average molecular weight is 429 g/mol. The maximum atomic E-state index is 13.0. The Balaban J connectivity index is 1.75. The van der Waals surface area contributed by atoms with Gasteiger partial charge in [0.25, 0.3) is 0 Å². The monoisotopic (exact) mass is 429 g/mol. The van der Waals surface area contributed by atoms with Crippen LogP contribution in [0.5, 0.6) is 0 Å². The number of methoxy groups -OCH3 is 2. The van der Waals surface area contributed by atoms with Crippen molar-refractivity contribution in [3.8, 4) is 0 Å². The Morgan fingerprint density at radius 3 is 2.47 bits per heavy atom. The second kappa shape index (κ2) is 6.46. The molecule has 2 aliphatic heterocycles. The number of fused-ring (bicyclic) bond motifs is 8. The standard InChI is InChI=1S/C25H23N3O4/c1-28-12-25(14-9-5-7-11-16(14)28)19-18(17-13-8-4-6-10-15(13)26-22(17)25)20(23(29)31-2)27-21(19)24(30)32-3/h4-11,20-21,26-27H,12H2,1-3H3/t20?,21?,25-/m1/s1. The van der Waals surface area contributed by atoms with Crippen molar-refractivity contribution in [2.24, 2.45) is 0 Å². The predicted octanol–water partition coefficient (Wildman–Crippen LogP) is 2.36. The lowest BCUT2D eigenvalue weighted by molar-refractivity contribution is -0.143. The first-order valence-corrected chi connectivity index (χ1v) is 10.6. The first kappa shape index (κ1) is 19.1. The van der Waals surface area contributed by atoms with Crippen molar-refractivity contribution in [1.82, 2.24) is 10.3 Å². The molecule has 0 saturated heterocycles. The molecule has 6 rings (SSSR count). The van der Waals surface area contributed by atoms with Crippen molar-refractivity contribution < 1.29 is 19.1 Å². The Hall–Kier alpha value is -3.58. The highest BCUT2D eigenvalue weighted by molar-refractivity contribution is 6.10. The summed E-state index contributed by atoms with van der Waals surface area (Å²) in [5.74, 6) is -0.832. The minimum atomic E-state index is -0.755. The number of carbonyl (C=O) groups excluding carboxylic acids is 2. The number of H-pyrrole nitrogens is 1. The molecule has 3 atom stereocenters. The Labute approximate surface area is 185 Å². The van der Waals surface area contributed by atoms with E-state index in [0.717, 1.165) is 44.6 Å². The normalized spacial score (nSPS) is 25.3. The first-order chi connectivity index (χ1) is 15.5. The predicted molar refractivity (Wildman–Crippen MR) is 120 cm³/mol. The SMILES string of the molecule is COC(=O)C1NC(C(=O)OC)C2=C1c1c([nH]c3ccccc13)[C@@]21CN(C)c2ccccc21. The fourth-order valence-corrected chi connectivity index (χ4v) is 6.02. The summed E-state index contributed by atoms with van der Waals surface area (Å²) in [5.41, 5.74) is 6.31. The number of esters is 2. The van der Waals surface area contributed by atoms with Gasteiger partial charge in [-0.1, -0.05) is 36.4 Å². The number of hydrogen-bond acceptors (Lipinski definition) is 6. The van der Waals surface area contributed by atoms with Gasteiger partial charge in [0.05, 0.1) is 19.6 Å². The maximum Gasteiger partial charge on any atom is 0.327 e. The van der Waals surface area contributed by atoms with Gasteiger partial charge in [-0.15, -0.1) is 0 Å². The van der Waals surface area contributed by atoms with Crippen LogP contribution >= 0.6 is 0 Å². The Bertz CT molecular complexity index is 1340. The maximum absolute atomic E-state index is 13.0. The molecule has 2 N–H and O–H groups in total. The molecule has 7 nitrogen and oxygen atoms in total. The molecule has 2 aromatic carbocycles. The van der Waals surface area contributed by atoms with E-state index in [-0.39, 0.29) is 0 Å². The minimum absolute atomic E-state index is 0.412. The molecule has 2 unspecified atom stereocenters. The molecule has 32 heavy (non-hydrogen) atoms. The van der Waals surface area contributed by atoms with Gasteiger partial charge in [-0.25, -0.2) is 4.79 Å². The quantitative estimate of drug-likeness (QED) is 0.609. The summed E-state index contributed by atoms with van der Waals surface area (Å²) in [5, 5.41) is 4.26. The third-order valence-electron chi connectivity index (χ3n) is 7.19. The van der Waals surface area contributed by atoms with Crippen LogP contribution in [-0.2, 0) is 24.5 Å². The van der Waals surface area contributed by atoms with E-state index in [2.05, 4.69) is 40.4 Å². The average Bonchev–Trinajstić information content (AvgIpc) is 3.53. The summed E-state index contributed by atoms with van der Waals surface area (Å²) in [6.45, 7) is 0.647. The van der Waals surface area contributed by atoms with Gasteiger partial charge in [-0.3, -0.25) is 10.1 Å². The molecule has 1 aliphatic carbocycles. The number of hydrogen-bond donors (Lipinski definition) is 2. The van der Waals surface area contributed by atoms with Crippen molar-refractivity contribution in [1.29, 1.82) is 0 Å². The number of nitrogens with one attached hydrogen (secondary N) is 2. The number of anilines is 1. The number of likely N-dealkylation sites (N-methyl/N-ethyl adjacent to an activating group) is 1. The topological polar surface area (TPSA) is 83.7 Å². The van der Waals surface area contributed by atoms with Gasteiger partial charge in [-0.05, 0) is 28.8 Å². The highest BCUT2D eigenvalue weighted by atomic mass is 16.5. The lowest BCUT2D eigenvalue weighted by Crippen LogP contribution is -2.48. The molecule has 0 saturated carbocycles. The van der Waals surface area contributed by atoms with Crippen LogP contribution in [0.2, 0.25) is 0 Å². The molecule has 7 heteroatoms. The van der Waals surface area contributed by atoms with Gasteiger partial charge in [0.2, 0.25) is 0 Å². The van der Waals surface area contributed by atoms with Gasteiger partial charge < -0.3 is 19.4 Å². The molecule has 0 fully saturated rings. The smallest absolute Gasteiger partial charge is 0.327 e. The van der Waals surface area contributed by atoms with Crippen LogP contribution in [0.3, 0.4) is 0 Å². The summed E-state index contributed by atoms with van der Waals surface area (Å²) < 4.78 is 10.3. The van der Waals surface area contributed by atoms with E-state index in [9.17, 15) is 9.59 Å². The Morgan fingerprint density at radius 2 is 1.69 bits per heavy atom. The van der Waals surface area contributed by atoms with Gasteiger partial charge in [-0.2, -0.15) is 0 Å². The fraction of sp³-hybridized carbons (Fsp3) is 0.280. The van der Waals surface area contributed by atoms with Crippen LogP contribution < -0.4 is 10.2 Å². The van der Waals surface area contributed by atoms with Crippen molar-refractivity contribution >= 4 is 34.1 Å². The third-order valence-corrected chi connectivity index (χ3v) is 7.19. The van der Waals surface area contributed by atoms with E-state index in [1.165, 1.54) is 14.2 Å². The summed E-state index contributed by atoms with van der Waals surface area (Å²) in [6.07, 6.45) is 0. The van der Waals surface area contributed by atoms with Crippen LogP contribution in [0.15, 0.2) is 54.1 Å². The lowest BCUT2D eigenvalue weighted by atomic mass is 9.73. The molecule has 0 bridgehead atoms. The summed E-state index contributed by atoms with van der Waals surface area (Å²) in [6, 6.07) is 14.8. The second-order valence-electron chi connectivity index (χ2n) is 8.61. The Morgan fingerprint density at radius 1 is 1.00 bits per heavy atom. The molecule has 0 amide bonds. The zero-order chi connectivity index (χ0) is 22.2. The Kier molecular flexibility index (Phi) is 3.86. The van der Waals surface area contributed by atoms with E-state index in [1.807, 2.05) is 30.3 Å². The van der Waals surface area contributed by atoms with Crippen molar-refractivity contribution in [3.63, 3.8) is 0 Å². The van der Waals surface area contributed by atoms with E-state index in [1.54, 1.807) is 0 Å². The molecule has 3 aliphatic rings. The molecular weight excluding hydrogens is 406 g/mol. The second-order valence-corrected chi connectivity index (χ2v) is 8.61. The first-order valence-electron chi connectivity index (χ1n) is 10.6. The number of ether oxygens (including phenoxy) is 2. The molecule has 1 aromatic heterocycles. The highest BCUT2D eigenvalue weighted by Crippen LogP contribution is 2.60. The zero-order valence-electron chi connectivity index (χ0n) is 18.1. The van der Waals surface area contributed by atoms with Crippen LogP contribution in [0, 0.1) is 0 Å². The number of nitrogens with zero attached hydrogens (tertiary/aromatic N) is 1. The highest BCUT2D eigenvalue weighted by Gasteiger charge is 2.61. The van der Waals surface area contributed by atoms with Crippen molar-refractivity contribution in [3.05, 3.63) is 70.9 Å². The molecule has 0 radical (unpaired) electrons. The number of carbonyl (C=O) groups is 2. The number of benzene rings is 2. The van der Waals surface area contributed by atoms with Crippen LogP contribution in [0.25, 0.3) is 16.5 Å². The van der Waals surface area contributed by atoms with Crippen LogP contribution in [-0.4, -0.2) is 56.8 Å². The number of aromatic nitrogens is 1. The van der Waals surface area contributed by atoms with Gasteiger partial charge >= 0.3 is 11.9 Å². The lowest BCUT2D eigenvalue weighted by Gasteiger charge is -2.32. The van der Waals surface area contributed by atoms with E-state index in [4.69, 9.17) is 9.47 Å². The van der Waals surface area contributed by atoms with Gasteiger partial charge in [0, 0.05) is 41.4 Å². The van der Waals surface area contributed by atoms with Crippen molar-refractivity contribution in [2.75, 3.05) is 32.7 Å². The summed E-state index contributed by atoms with van der Waals surface area (Å²) in [4.78, 5) is 31.8. The molecule has 3 aromatic rings. The van der Waals surface area contributed by atoms with Gasteiger partial charge in [0.1, 0.15) is 12.1 Å². The van der Waals surface area contributed by atoms with E-state index >= 15 is 0 Å². The number of rotatable bonds is 2. The minimum Gasteiger partial charge on any atom is -0.468 e. The largest absolute Gasteiger partial charge is 0.468 e. The zero-order valence-corrected chi connectivity index (χ0v) is 18.1. The fourth-order valence-electron chi connectivity index (χ4n) is 6.02. The molecular formula is C25H23N3O4. The molecule has 1 spiro atoms. The number of para-hydroxylation sites is 2. The third kappa shape index (κ3) is 2.14. The molecule has 3 heterocycles. The summed E-state index contributed by atoms with van der Waals surface area (Å²) in [7, 11) is 4.80. The van der Waals surface area contributed by atoms with E-state index in [0.29, 0.717) is 6.54 Å². The number of aromatic amines is 1. The van der Waals surface area contributed by atoms with Gasteiger partial charge in [0.15, 0.2) is 0 Å². The van der Waals surface area contributed by atoms with E-state index < -0.39 is 29.4 Å². The van der Waals surface area contributed by atoms with Crippen molar-refractivity contribution in [2.45, 2.75) is 17.5 Å². The molecule has 162 valence electrons. The summed E-state index contributed by atoms with van der Waals surface area (Å²) >= 11 is 0.